The van der Waals surface area contributed by atoms with Gasteiger partial charge in [0.1, 0.15) is 0 Å². The minimum atomic E-state index is -6.00. The third kappa shape index (κ3) is 16.8. The summed E-state index contributed by atoms with van der Waals surface area (Å²) in [5, 5.41) is 0. The van der Waals surface area contributed by atoms with Crippen molar-refractivity contribution in [1.29, 1.82) is 0 Å². The first kappa shape index (κ1) is 17.6. The van der Waals surface area contributed by atoms with Crippen molar-refractivity contribution in [3.05, 3.63) is 0 Å². The molecule has 0 aromatic rings. The second-order valence-corrected chi connectivity index (χ2v) is 8.41. The topological polar surface area (TPSA) is 9.23 Å². The van der Waals surface area contributed by atoms with E-state index in [2.05, 4.69) is 20.5 Å². The van der Waals surface area contributed by atoms with Crippen LogP contribution in [0.5, 0.6) is 0 Å². The lowest BCUT2D eigenvalue weighted by molar-refractivity contribution is 0.217. The zero-order valence-corrected chi connectivity index (χ0v) is 10.7. The lowest BCUT2D eigenvalue weighted by atomic mass is 10.3. The van der Waals surface area contributed by atoms with Crippen molar-refractivity contribution in [3.63, 3.8) is 0 Å². The molecule has 0 bridgehead atoms. The quantitative estimate of drug-likeness (QED) is 0.411. The number of rotatable bonds is 5. The average Bonchev–Trinajstić information content (AvgIpc) is 2.12. The molecule has 0 aromatic carbocycles. The monoisotopic (exact) mass is 250 g/mol. The molecule has 0 aliphatic carbocycles. The second-order valence-electron chi connectivity index (χ2n) is 3.46. The molecule has 0 aromatic heterocycles. The highest BCUT2D eigenvalue weighted by molar-refractivity contribution is 7.75. The minimum Gasteiger partial charge on any atom is -0.418 e. The van der Waals surface area contributed by atoms with Gasteiger partial charge in [0.15, 0.2) is 0 Å². The molecule has 0 saturated carbocycles. The summed E-state index contributed by atoms with van der Waals surface area (Å²) in [7, 11) is -4.79. The first-order valence-electron chi connectivity index (χ1n) is 4.88. The molecule has 94 valence electrons. The Morgan fingerprint density at radius 2 is 1.40 bits per heavy atom. The Labute approximate surface area is 90.0 Å². The SMILES string of the molecule is CC[P+](C)(CC)CCOC.F[B-](F)(F)F. The number of methoxy groups -OCH3 is 1. The van der Waals surface area contributed by atoms with Crippen LogP contribution in [0.4, 0.5) is 17.3 Å². The fourth-order valence-electron chi connectivity index (χ4n) is 0.852. The number of halogens is 4. The standard InChI is InChI=1S/C8H20OP.BF4/c1-5-10(4,6-2)8-7-9-3;2-1(3,4)5/h5-8H2,1-4H3;/q+1;-1. The Kier molecular flexibility index (Phi) is 9.77. The minimum absolute atomic E-state index is 0.573. The Hall–Kier alpha value is 0.175. The van der Waals surface area contributed by atoms with Gasteiger partial charge in [-0.1, -0.05) is 0 Å². The van der Waals surface area contributed by atoms with Crippen molar-refractivity contribution < 1.29 is 22.0 Å². The molecule has 0 atom stereocenters. The molecule has 0 rings (SSSR count). The molecule has 0 heterocycles. The van der Waals surface area contributed by atoms with Crippen molar-refractivity contribution in [2.75, 3.05) is 38.9 Å². The van der Waals surface area contributed by atoms with E-state index in [0.717, 1.165) is 6.61 Å². The third-order valence-corrected chi connectivity index (χ3v) is 6.68. The highest BCUT2D eigenvalue weighted by Gasteiger charge is 2.25. The fraction of sp³-hybridized carbons (Fsp3) is 1.00. The van der Waals surface area contributed by atoms with Crippen LogP contribution < -0.4 is 0 Å². The van der Waals surface area contributed by atoms with Gasteiger partial charge in [-0.05, 0) is 13.8 Å². The lowest BCUT2D eigenvalue weighted by Crippen LogP contribution is -2.07. The highest BCUT2D eigenvalue weighted by Crippen LogP contribution is 2.53. The maximum absolute atomic E-state index is 9.75. The van der Waals surface area contributed by atoms with E-state index in [4.69, 9.17) is 4.74 Å². The van der Waals surface area contributed by atoms with E-state index in [-0.39, 0.29) is 0 Å². The Morgan fingerprint density at radius 1 is 1.07 bits per heavy atom. The molecule has 0 radical (unpaired) electrons. The largest absolute Gasteiger partial charge is 0.673 e. The molecule has 0 aliphatic heterocycles. The fourth-order valence-corrected chi connectivity index (χ4v) is 2.55. The van der Waals surface area contributed by atoms with Gasteiger partial charge in [-0.3, -0.25) is 0 Å². The first-order chi connectivity index (χ1) is 6.68. The first-order valence-corrected chi connectivity index (χ1v) is 7.67. The van der Waals surface area contributed by atoms with Gasteiger partial charge < -0.3 is 22.0 Å². The number of hydrogen-bond donors (Lipinski definition) is 0. The summed E-state index contributed by atoms with van der Waals surface area (Å²) in [6.45, 7) is 7.98. The van der Waals surface area contributed by atoms with Gasteiger partial charge >= 0.3 is 7.25 Å². The van der Waals surface area contributed by atoms with Gasteiger partial charge in [0.2, 0.25) is 0 Å². The molecule has 0 saturated heterocycles. The summed E-state index contributed by atoms with van der Waals surface area (Å²) in [5.74, 6) is 0. The zero-order valence-electron chi connectivity index (χ0n) is 9.77. The van der Waals surface area contributed by atoms with E-state index in [9.17, 15) is 17.3 Å². The summed E-state index contributed by atoms with van der Waals surface area (Å²) >= 11 is 0. The predicted octanol–water partition coefficient (Wildman–Crippen LogP) is 3.62. The van der Waals surface area contributed by atoms with Crippen LogP contribution in [0.1, 0.15) is 13.8 Å². The summed E-state index contributed by atoms with van der Waals surface area (Å²) in [6, 6.07) is 0. The Bertz CT molecular complexity index is 144. The highest BCUT2D eigenvalue weighted by atomic mass is 31.2. The van der Waals surface area contributed by atoms with E-state index in [1.165, 1.54) is 18.5 Å². The van der Waals surface area contributed by atoms with Crippen LogP contribution >= 0.6 is 7.26 Å². The van der Waals surface area contributed by atoms with Crippen LogP contribution in [0, 0.1) is 0 Å². The average molecular weight is 250 g/mol. The molecule has 1 nitrogen and oxygen atoms in total. The van der Waals surface area contributed by atoms with Gasteiger partial charge in [-0.25, -0.2) is 0 Å². The van der Waals surface area contributed by atoms with Gasteiger partial charge in [-0.15, -0.1) is 0 Å². The van der Waals surface area contributed by atoms with Gasteiger partial charge in [0.25, 0.3) is 0 Å². The van der Waals surface area contributed by atoms with Crippen molar-refractivity contribution in [1.82, 2.24) is 0 Å². The molecular weight excluding hydrogens is 230 g/mol. The van der Waals surface area contributed by atoms with Crippen molar-refractivity contribution >= 4 is 14.5 Å². The summed E-state index contributed by atoms with van der Waals surface area (Å²) in [4.78, 5) is 0. The van der Waals surface area contributed by atoms with E-state index >= 15 is 0 Å². The van der Waals surface area contributed by atoms with Crippen molar-refractivity contribution in [3.8, 4) is 0 Å². The summed E-state index contributed by atoms with van der Waals surface area (Å²) in [6.07, 6.45) is 4.04. The zero-order chi connectivity index (χ0) is 12.5. The molecule has 0 unspecified atom stereocenters. The van der Waals surface area contributed by atoms with Gasteiger partial charge in [0.05, 0.1) is 25.1 Å². The van der Waals surface area contributed by atoms with Gasteiger partial charge in [-0.2, -0.15) is 0 Å². The number of hydrogen-bond acceptors (Lipinski definition) is 1. The number of ether oxygens (including phenoxy) is 1. The summed E-state index contributed by atoms with van der Waals surface area (Å²) in [5.41, 5.74) is 0. The van der Waals surface area contributed by atoms with Crippen LogP contribution in [0.3, 0.4) is 0 Å². The summed E-state index contributed by atoms with van der Waals surface area (Å²) < 4.78 is 44.1. The molecule has 7 heteroatoms. The van der Waals surface area contributed by atoms with Crippen molar-refractivity contribution in [2.45, 2.75) is 13.8 Å². The third-order valence-electron chi connectivity index (χ3n) is 2.36. The molecule has 0 aliphatic rings. The Morgan fingerprint density at radius 3 is 1.60 bits per heavy atom. The molecule has 0 fully saturated rings. The van der Waals surface area contributed by atoms with Crippen LogP contribution in [-0.2, 0) is 4.74 Å². The normalized spacial score (nSPS) is 12.0. The Balaban J connectivity index is 0. The van der Waals surface area contributed by atoms with Crippen molar-refractivity contribution in [2.24, 2.45) is 0 Å². The molecule has 15 heavy (non-hydrogen) atoms. The van der Waals surface area contributed by atoms with Crippen LogP contribution in [-0.4, -0.2) is 46.1 Å². The maximum Gasteiger partial charge on any atom is 0.673 e. The van der Waals surface area contributed by atoms with E-state index in [1.807, 2.05) is 0 Å². The molecular formula is C8H20BF4OP. The van der Waals surface area contributed by atoms with E-state index < -0.39 is 14.5 Å². The van der Waals surface area contributed by atoms with Crippen LogP contribution in [0.25, 0.3) is 0 Å². The van der Waals surface area contributed by atoms with Gasteiger partial charge in [0, 0.05) is 21.0 Å². The smallest absolute Gasteiger partial charge is 0.418 e. The lowest BCUT2D eigenvalue weighted by Gasteiger charge is -2.18. The maximum atomic E-state index is 9.75. The molecule has 0 amide bonds. The van der Waals surface area contributed by atoms with Crippen LogP contribution in [0.15, 0.2) is 0 Å². The molecule has 0 N–H and O–H groups in total. The second kappa shape index (κ2) is 8.34. The molecule has 0 spiro atoms. The van der Waals surface area contributed by atoms with E-state index in [0.29, 0.717) is 0 Å². The predicted molar refractivity (Wildman–Crippen MR) is 60.9 cm³/mol. The van der Waals surface area contributed by atoms with E-state index in [1.54, 1.807) is 7.11 Å². The van der Waals surface area contributed by atoms with Crippen LogP contribution in [0.2, 0.25) is 0 Å².